The zero-order valence-corrected chi connectivity index (χ0v) is 9.38. The molecule has 0 aromatic rings. The van der Waals surface area contributed by atoms with Crippen LogP contribution in [-0.4, -0.2) is 18.8 Å². The highest BCUT2D eigenvalue weighted by molar-refractivity contribution is 5.73. The Morgan fingerprint density at radius 1 is 1.41 bits per heavy atom. The van der Waals surface area contributed by atoms with Crippen LogP contribution in [0.5, 0.6) is 0 Å². The lowest BCUT2D eigenvalue weighted by Crippen LogP contribution is -2.10. The van der Waals surface area contributed by atoms with E-state index in [-0.39, 0.29) is 19.4 Å². The first-order valence-corrected chi connectivity index (χ1v) is 5.22. The zero-order chi connectivity index (χ0) is 12.9. The van der Waals surface area contributed by atoms with Crippen molar-refractivity contribution in [1.82, 2.24) is 0 Å². The van der Waals surface area contributed by atoms with Crippen LogP contribution in [0.3, 0.4) is 0 Å². The number of allylic oxidation sites excluding steroid dienone is 5. The second-order valence-electron chi connectivity index (χ2n) is 3.52. The van der Waals surface area contributed by atoms with Crippen LogP contribution < -0.4 is 0 Å². The Labute approximate surface area is 97.5 Å². The van der Waals surface area contributed by atoms with E-state index in [1.54, 1.807) is 6.92 Å². The number of carbonyl (C=O) groups is 1. The summed E-state index contributed by atoms with van der Waals surface area (Å²) in [5.74, 6) is -0.438. The van der Waals surface area contributed by atoms with E-state index in [1.807, 2.05) is 0 Å². The third-order valence-corrected chi connectivity index (χ3v) is 2.19. The highest BCUT2D eigenvalue weighted by atomic mass is 19.4. The van der Waals surface area contributed by atoms with E-state index in [0.717, 1.165) is 6.08 Å². The number of carbonyl (C=O) groups excluding carboxylic acids is 1. The van der Waals surface area contributed by atoms with E-state index in [9.17, 15) is 18.0 Å². The second-order valence-corrected chi connectivity index (χ2v) is 3.52. The van der Waals surface area contributed by atoms with E-state index in [4.69, 9.17) is 4.74 Å². The molecule has 0 aromatic heterocycles. The molecule has 0 amide bonds. The number of halogens is 3. The summed E-state index contributed by atoms with van der Waals surface area (Å²) in [7, 11) is 0. The van der Waals surface area contributed by atoms with Gasteiger partial charge in [-0.25, -0.2) is 0 Å². The van der Waals surface area contributed by atoms with Crippen LogP contribution in [0.4, 0.5) is 13.2 Å². The van der Waals surface area contributed by atoms with Crippen molar-refractivity contribution < 1.29 is 22.7 Å². The third-order valence-electron chi connectivity index (χ3n) is 2.19. The highest BCUT2D eigenvalue weighted by Gasteiger charge is 2.32. The van der Waals surface area contributed by atoms with Gasteiger partial charge in [0, 0.05) is 5.57 Å². The maximum atomic E-state index is 12.4. The molecule has 0 heterocycles. The van der Waals surface area contributed by atoms with Crippen LogP contribution in [-0.2, 0) is 9.53 Å². The summed E-state index contributed by atoms with van der Waals surface area (Å²) in [5, 5.41) is 0. The molecule has 0 fully saturated rings. The molecule has 17 heavy (non-hydrogen) atoms. The second kappa shape index (κ2) is 5.70. The minimum absolute atomic E-state index is 0.00796. The van der Waals surface area contributed by atoms with E-state index in [0.29, 0.717) is 5.57 Å². The Morgan fingerprint density at radius 2 is 2.12 bits per heavy atom. The first-order chi connectivity index (χ1) is 7.93. The molecule has 2 nitrogen and oxygen atoms in total. The van der Waals surface area contributed by atoms with Crippen molar-refractivity contribution in [3.05, 3.63) is 35.5 Å². The Bertz CT molecular complexity index is 376. The normalized spacial score (nSPS) is 16.0. The summed E-state index contributed by atoms with van der Waals surface area (Å²) in [5.41, 5.74) is -0.102. The van der Waals surface area contributed by atoms with Crippen molar-refractivity contribution in [2.45, 2.75) is 25.9 Å². The van der Waals surface area contributed by atoms with Gasteiger partial charge in [0.25, 0.3) is 0 Å². The van der Waals surface area contributed by atoms with Crippen molar-refractivity contribution in [2.24, 2.45) is 0 Å². The Balaban J connectivity index is 2.73. The monoisotopic (exact) mass is 246 g/mol. The molecular weight excluding hydrogens is 233 g/mol. The van der Waals surface area contributed by atoms with Crippen molar-refractivity contribution in [2.75, 3.05) is 6.61 Å². The molecule has 1 aliphatic rings. The van der Waals surface area contributed by atoms with Crippen LogP contribution in [0.15, 0.2) is 35.5 Å². The lowest BCUT2D eigenvalue weighted by Gasteiger charge is -2.07. The van der Waals surface area contributed by atoms with Crippen LogP contribution in [0.2, 0.25) is 0 Å². The molecular formula is C12H13F3O2. The smallest absolute Gasteiger partial charge is 0.412 e. The molecule has 0 radical (unpaired) electrons. The van der Waals surface area contributed by atoms with Crippen molar-refractivity contribution in [3.63, 3.8) is 0 Å². The molecule has 0 bridgehead atoms. The molecule has 0 aliphatic heterocycles. The van der Waals surface area contributed by atoms with Crippen LogP contribution >= 0.6 is 0 Å². The topological polar surface area (TPSA) is 26.3 Å². The molecule has 0 N–H and O–H groups in total. The van der Waals surface area contributed by atoms with Gasteiger partial charge in [-0.15, -0.1) is 0 Å². The quantitative estimate of drug-likeness (QED) is 0.714. The average molecular weight is 246 g/mol. The molecule has 0 atom stereocenters. The predicted octanol–water partition coefficient (Wildman–Crippen LogP) is 3.31. The third kappa shape index (κ3) is 4.46. The summed E-state index contributed by atoms with van der Waals surface area (Å²) in [4.78, 5) is 11.2. The number of esters is 1. The largest absolute Gasteiger partial charge is 0.466 e. The summed E-state index contributed by atoms with van der Waals surface area (Å²) in [6.07, 6.45) is 0.736. The highest BCUT2D eigenvalue weighted by Crippen LogP contribution is 2.30. The Kier molecular flexibility index (Phi) is 4.54. The summed E-state index contributed by atoms with van der Waals surface area (Å²) >= 11 is 0. The molecule has 0 unspecified atom stereocenters. The maximum Gasteiger partial charge on any atom is 0.412 e. The van der Waals surface area contributed by atoms with Gasteiger partial charge >= 0.3 is 12.1 Å². The fourth-order valence-corrected chi connectivity index (χ4v) is 1.38. The molecule has 1 aliphatic carbocycles. The van der Waals surface area contributed by atoms with Gasteiger partial charge in [0.15, 0.2) is 0 Å². The first-order valence-electron chi connectivity index (χ1n) is 5.22. The van der Waals surface area contributed by atoms with Gasteiger partial charge in [0.05, 0.1) is 13.0 Å². The van der Waals surface area contributed by atoms with Gasteiger partial charge in [-0.3, -0.25) is 4.79 Å². The summed E-state index contributed by atoms with van der Waals surface area (Å²) in [6, 6.07) is 0. The molecule has 0 spiro atoms. The predicted molar refractivity (Wildman–Crippen MR) is 57.2 cm³/mol. The van der Waals surface area contributed by atoms with Crippen LogP contribution in [0, 0.1) is 0 Å². The standard InChI is InChI=1S/C12H13F3O2/c1-2-17-11(16)8-9-4-3-5-10(7-6-9)12(13,14)15/h3-4,6-7H,2,5,8H2,1H3. The first kappa shape index (κ1) is 13.5. The van der Waals surface area contributed by atoms with Gasteiger partial charge in [-0.1, -0.05) is 24.3 Å². The molecule has 0 saturated heterocycles. The number of hydrogen-bond acceptors (Lipinski definition) is 2. The van der Waals surface area contributed by atoms with Crippen LogP contribution in [0.25, 0.3) is 0 Å². The van der Waals surface area contributed by atoms with Gasteiger partial charge in [0.1, 0.15) is 0 Å². The lowest BCUT2D eigenvalue weighted by atomic mass is 10.1. The van der Waals surface area contributed by atoms with Gasteiger partial charge in [-0.05, 0) is 18.9 Å². The summed E-state index contributed by atoms with van der Waals surface area (Å²) < 4.78 is 42.0. The number of alkyl halides is 3. The van der Waals surface area contributed by atoms with Crippen molar-refractivity contribution >= 4 is 5.97 Å². The fraction of sp³-hybridized carbons (Fsp3) is 0.417. The Morgan fingerprint density at radius 3 is 2.71 bits per heavy atom. The van der Waals surface area contributed by atoms with Crippen LogP contribution in [0.1, 0.15) is 19.8 Å². The minimum atomic E-state index is -4.32. The average Bonchev–Trinajstić information content (AvgIpc) is 2.42. The number of hydrogen-bond donors (Lipinski definition) is 0. The van der Waals surface area contributed by atoms with Gasteiger partial charge in [-0.2, -0.15) is 13.2 Å². The SMILES string of the molecule is CCOC(=O)CC1=CC=C(C(F)(F)F)CC=C1. The molecule has 0 saturated carbocycles. The van der Waals surface area contributed by atoms with E-state index in [2.05, 4.69) is 0 Å². The molecule has 0 aromatic carbocycles. The fourth-order valence-electron chi connectivity index (χ4n) is 1.38. The van der Waals surface area contributed by atoms with E-state index in [1.165, 1.54) is 18.2 Å². The number of ether oxygens (including phenoxy) is 1. The maximum absolute atomic E-state index is 12.4. The molecule has 94 valence electrons. The van der Waals surface area contributed by atoms with Crippen molar-refractivity contribution in [3.8, 4) is 0 Å². The van der Waals surface area contributed by atoms with E-state index < -0.39 is 17.7 Å². The Hall–Kier alpha value is -1.52. The van der Waals surface area contributed by atoms with Gasteiger partial charge < -0.3 is 4.74 Å². The van der Waals surface area contributed by atoms with Crippen molar-refractivity contribution in [1.29, 1.82) is 0 Å². The molecule has 5 heteroatoms. The zero-order valence-electron chi connectivity index (χ0n) is 9.38. The molecule has 1 rings (SSSR count). The van der Waals surface area contributed by atoms with Gasteiger partial charge in [0.2, 0.25) is 0 Å². The lowest BCUT2D eigenvalue weighted by molar-refractivity contribution is -0.142. The summed E-state index contributed by atoms with van der Waals surface area (Å²) in [6.45, 7) is 1.94. The minimum Gasteiger partial charge on any atom is -0.466 e. The number of rotatable bonds is 3. The van der Waals surface area contributed by atoms with E-state index >= 15 is 0 Å².